The van der Waals surface area contributed by atoms with Crippen LogP contribution < -0.4 is 0 Å². The van der Waals surface area contributed by atoms with Gasteiger partial charge < -0.3 is 29.5 Å². The lowest BCUT2D eigenvalue weighted by Gasteiger charge is -2.86. The number of carbonyl (C=O) groups is 3. The van der Waals surface area contributed by atoms with Gasteiger partial charge in [-0.05, 0) is 44.4 Å². The quantitative estimate of drug-likeness (QED) is 0.406. The Bertz CT molecular complexity index is 1260. The van der Waals surface area contributed by atoms with Gasteiger partial charge in [-0.25, -0.2) is 4.79 Å². The van der Waals surface area contributed by atoms with Gasteiger partial charge in [0.25, 0.3) is 0 Å². The fraction of sp³-hybridized carbons (Fsp3) is 0.607. The van der Waals surface area contributed by atoms with Crippen molar-refractivity contribution in [3.8, 4) is 0 Å². The maximum atomic E-state index is 14.1. The molecule has 0 aromatic heterocycles. The molecule has 0 bridgehead atoms. The fourth-order valence-electron chi connectivity index (χ4n) is 9.12. The SMILES string of the molecule is CC(=O)O[C@@]12CO[C@@H]1C[C@H](O)[C@@]1(C)C(=O)[C@H](O)C3=C(C)CC[C@@]4(O)[C@@H](OC(=O)c5ccccc5)C21[C@@]34C. The maximum absolute atomic E-state index is 14.1. The van der Waals surface area contributed by atoms with Crippen LogP contribution in [0.25, 0.3) is 0 Å². The minimum atomic E-state index is -1.73. The Morgan fingerprint density at radius 3 is 2.41 bits per heavy atom. The number of hydrogen-bond acceptors (Lipinski definition) is 9. The van der Waals surface area contributed by atoms with Gasteiger partial charge >= 0.3 is 11.9 Å². The van der Waals surface area contributed by atoms with Crippen LogP contribution >= 0.6 is 0 Å². The Morgan fingerprint density at radius 2 is 1.81 bits per heavy atom. The molecule has 198 valence electrons. The average molecular weight is 513 g/mol. The minimum absolute atomic E-state index is 0.0180. The molecule has 1 heterocycles. The highest BCUT2D eigenvalue weighted by Crippen LogP contribution is 2.85. The Morgan fingerprint density at radius 1 is 1.14 bits per heavy atom. The first kappa shape index (κ1) is 24.7. The molecule has 9 atom stereocenters. The summed E-state index contributed by atoms with van der Waals surface area (Å²) in [5, 5.41) is 35.3. The molecular weight excluding hydrogens is 480 g/mol. The molecule has 4 fully saturated rings. The smallest absolute Gasteiger partial charge is 0.338 e. The van der Waals surface area contributed by atoms with Gasteiger partial charge in [-0.1, -0.05) is 30.7 Å². The fourth-order valence-corrected chi connectivity index (χ4v) is 9.12. The standard InChI is InChI=1S/C28H32O9/c1-14-10-11-26(34)23(36-22(33)16-8-6-5-7-9-16)28-24(3,21(32)20(31)19(14)25(26,28)4)17(30)12-18-27(28,13-35-18)37-15(2)29/h5-9,17-18,20,23,30-31,34H,10-13H2,1-4H3/t17-,18+,20+,23+,24-,25-,26+,27-,28?/m0/s1. The second-order valence-electron chi connectivity index (χ2n) is 11.7. The Labute approximate surface area is 214 Å². The number of fused-ring (bicyclic) bond motifs is 1. The Balaban J connectivity index is 1.66. The number of aliphatic hydroxyl groups excluding tert-OH is 2. The lowest BCUT2D eigenvalue weighted by molar-refractivity contribution is -0.470. The van der Waals surface area contributed by atoms with Crippen LogP contribution in [-0.2, 0) is 23.8 Å². The van der Waals surface area contributed by atoms with Crippen LogP contribution in [0.4, 0.5) is 0 Å². The second-order valence-corrected chi connectivity index (χ2v) is 11.7. The van der Waals surface area contributed by atoms with Crippen molar-refractivity contribution in [1.29, 1.82) is 0 Å². The number of Topliss-reactive ketones (excluding diaryl/α,β-unsaturated/α-hetero) is 1. The van der Waals surface area contributed by atoms with Crippen molar-refractivity contribution in [2.24, 2.45) is 16.2 Å². The summed E-state index contributed by atoms with van der Waals surface area (Å²) in [6.45, 7) is 6.25. The van der Waals surface area contributed by atoms with Crippen molar-refractivity contribution in [2.75, 3.05) is 6.61 Å². The topological polar surface area (TPSA) is 140 Å². The van der Waals surface area contributed by atoms with E-state index in [4.69, 9.17) is 14.2 Å². The zero-order valence-electron chi connectivity index (χ0n) is 21.3. The molecule has 6 rings (SSSR count). The first-order chi connectivity index (χ1) is 17.3. The third kappa shape index (κ3) is 2.35. The van der Waals surface area contributed by atoms with Crippen molar-refractivity contribution < 1.29 is 43.9 Å². The van der Waals surface area contributed by atoms with Crippen molar-refractivity contribution in [3.63, 3.8) is 0 Å². The van der Waals surface area contributed by atoms with E-state index in [0.717, 1.165) is 5.57 Å². The molecule has 1 unspecified atom stereocenters. The van der Waals surface area contributed by atoms with E-state index in [1.807, 2.05) is 6.92 Å². The van der Waals surface area contributed by atoms with Crippen molar-refractivity contribution >= 4 is 17.7 Å². The van der Waals surface area contributed by atoms with E-state index in [1.54, 1.807) is 37.3 Å². The van der Waals surface area contributed by atoms with Crippen LogP contribution in [0.2, 0.25) is 0 Å². The van der Waals surface area contributed by atoms with E-state index < -0.39 is 69.6 Å². The zero-order chi connectivity index (χ0) is 26.8. The van der Waals surface area contributed by atoms with E-state index in [-0.39, 0.29) is 25.0 Å². The highest BCUT2D eigenvalue weighted by Gasteiger charge is 2.98. The molecule has 9 heteroatoms. The number of allylic oxidation sites excluding steroid dienone is 1. The molecule has 1 aromatic rings. The highest BCUT2D eigenvalue weighted by atomic mass is 16.6. The predicted molar refractivity (Wildman–Crippen MR) is 127 cm³/mol. The van der Waals surface area contributed by atoms with E-state index in [1.165, 1.54) is 13.8 Å². The molecule has 37 heavy (non-hydrogen) atoms. The molecule has 1 aliphatic heterocycles. The molecule has 0 amide bonds. The molecule has 3 saturated carbocycles. The van der Waals surface area contributed by atoms with Gasteiger partial charge in [0.1, 0.15) is 23.9 Å². The summed E-state index contributed by atoms with van der Waals surface area (Å²) in [6, 6.07) is 8.29. The number of ether oxygens (including phenoxy) is 3. The van der Waals surface area contributed by atoms with Crippen LogP contribution in [-0.4, -0.2) is 75.3 Å². The van der Waals surface area contributed by atoms with Crippen molar-refractivity contribution in [1.82, 2.24) is 0 Å². The van der Waals surface area contributed by atoms with Crippen LogP contribution in [0.5, 0.6) is 0 Å². The summed E-state index contributed by atoms with van der Waals surface area (Å²) < 4.78 is 18.0. The Kier molecular flexibility index (Phi) is 4.87. The summed E-state index contributed by atoms with van der Waals surface area (Å²) >= 11 is 0. The number of benzene rings is 1. The van der Waals surface area contributed by atoms with E-state index in [0.29, 0.717) is 12.0 Å². The molecule has 1 spiro atoms. The zero-order valence-corrected chi connectivity index (χ0v) is 21.3. The van der Waals surface area contributed by atoms with E-state index in [2.05, 4.69) is 0 Å². The van der Waals surface area contributed by atoms with Gasteiger partial charge in [0.15, 0.2) is 11.4 Å². The molecule has 0 radical (unpaired) electrons. The van der Waals surface area contributed by atoms with Crippen LogP contribution in [0.3, 0.4) is 0 Å². The molecule has 4 aliphatic carbocycles. The van der Waals surface area contributed by atoms with Crippen LogP contribution in [0.15, 0.2) is 41.5 Å². The second kappa shape index (κ2) is 7.28. The first-order valence-electron chi connectivity index (χ1n) is 12.7. The van der Waals surface area contributed by atoms with Gasteiger partial charge in [0.05, 0.1) is 29.1 Å². The number of rotatable bonds is 3. The molecule has 5 aliphatic rings. The van der Waals surface area contributed by atoms with E-state index >= 15 is 0 Å². The highest BCUT2D eigenvalue weighted by molar-refractivity contribution is 5.97. The maximum Gasteiger partial charge on any atom is 0.338 e. The largest absolute Gasteiger partial charge is 0.455 e. The van der Waals surface area contributed by atoms with E-state index in [9.17, 15) is 29.7 Å². The van der Waals surface area contributed by atoms with Gasteiger partial charge in [-0.3, -0.25) is 9.59 Å². The van der Waals surface area contributed by atoms with Crippen LogP contribution in [0.1, 0.15) is 57.3 Å². The lowest BCUT2D eigenvalue weighted by Crippen LogP contribution is -2.99. The number of esters is 2. The predicted octanol–water partition coefficient (Wildman–Crippen LogP) is 1.47. The molecule has 1 aromatic carbocycles. The lowest BCUT2D eigenvalue weighted by atomic mass is 9.20. The van der Waals surface area contributed by atoms with Gasteiger partial charge in [-0.2, -0.15) is 0 Å². The van der Waals surface area contributed by atoms with Crippen molar-refractivity contribution in [3.05, 3.63) is 47.0 Å². The van der Waals surface area contributed by atoms with Gasteiger partial charge in [0.2, 0.25) is 0 Å². The van der Waals surface area contributed by atoms with Gasteiger partial charge in [-0.15, -0.1) is 0 Å². The Hall–Kier alpha value is -2.59. The third-order valence-corrected chi connectivity index (χ3v) is 10.6. The normalized spacial score (nSPS) is 47.5. The summed E-state index contributed by atoms with van der Waals surface area (Å²) in [6.07, 6.45) is -4.44. The number of hydrogen-bond donors (Lipinski definition) is 3. The molecule has 9 nitrogen and oxygen atoms in total. The summed E-state index contributed by atoms with van der Waals surface area (Å²) in [4.78, 5) is 40.1. The number of ketones is 1. The number of aliphatic hydroxyl groups is 3. The first-order valence-corrected chi connectivity index (χ1v) is 12.7. The summed E-state index contributed by atoms with van der Waals surface area (Å²) in [7, 11) is 0. The third-order valence-electron chi connectivity index (χ3n) is 10.6. The average Bonchev–Trinajstić information content (AvgIpc) is 2.85. The number of carbonyl (C=O) groups excluding carboxylic acids is 3. The monoisotopic (exact) mass is 512 g/mol. The summed E-state index contributed by atoms with van der Waals surface area (Å²) in [5.74, 6) is -1.97. The van der Waals surface area contributed by atoms with Crippen LogP contribution in [0, 0.1) is 16.2 Å². The summed E-state index contributed by atoms with van der Waals surface area (Å²) in [5.41, 5.74) is -6.53. The molecule has 3 N–H and O–H groups in total. The van der Waals surface area contributed by atoms with Crippen molar-refractivity contribution in [2.45, 2.75) is 82.6 Å². The van der Waals surface area contributed by atoms with Gasteiger partial charge in [0, 0.05) is 18.8 Å². The molecular formula is C28H32O9. The molecule has 1 saturated heterocycles. The minimum Gasteiger partial charge on any atom is -0.455 e.